The molecule has 0 saturated carbocycles. The minimum absolute atomic E-state index is 0. The molecule has 0 heterocycles. The maximum Gasteiger partial charge on any atom is 0.0210 e. The smallest absolute Gasteiger partial charge is 0.0210 e. The number of aryl methyl sites for hydroxylation is 3. The highest BCUT2D eigenvalue weighted by Gasteiger charge is 2.02. The molecule has 1 aromatic carbocycles. The van der Waals surface area contributed by atoms with Crippen LogP contribution in [0.25, 0.3) is 0 Å². The first-order chi connectivity index (χ1) is 8.65. The van der Waals surface area contributed by atoms with Gasteiger partial charge in [-0.15, -0.1) is 12.4 Å². The molecule has 0 atom stereocenters. The number of halogens is 1. The molecule has 0 aromatic heterocycles. The van der Waals surface area contributed by atoms with E-state index in [1.165, 1.54) is 54.4 Å². The zero-order valence-corrected chi connectivity index (χ0v) is 13.8. The van der Waals surface area contributed by atoms with Crippen molar-refractivity contribution in [2.24, 2.45) is 0 Å². The molecular formula is C17H30ClN. The van der Waals surface area contributed by atoms with E-state index in [9.17, 15) is 0 Å². The van der Waals surface area contributed by atoms with Gasteiger partial charge in [0.15, 0.2) is 0 Å². The predicted molar refractivity (Wildman–Crippen MR) is 88.4 cm³/mol. The molecule has 0 aliphatic heterocycles. The van der Waals surface area contributed by atoms with Crippen molar-refractivity contribution in [3.63, 3.8) is 0 Å². The van der Waals surface area contributed by atoms with Crippen molar-refractivity contribution < 1.29 is 0 Å². The minimum Gasteiger partial charge on any atom is -0.313 e. The fraction of sp³-hybridized carbons (Fsp3) is 0.647. The maximum atomic E-state index is 3.58. The van der Waals surface area contributed by atoms with E-state index in [2.05, 4.69) is 45.1 Å². The van der Waals surface area contributed by atoms with Crippen LogP contribution >= 0.6 is 12.4 Å². The molecule has 0 saturated heterocycles. The predicted octanol–water partition coefficient (Wildman–Crippen LogP) is 5.09. The molecule has 110 valence electrons. The average Bonchev–Trinajstić information content (AvgIpc) is 2.30. The molecule has 1 N–H and O–H groups in total. The average molecular weight is 284 g/mol. The van der Waals surface area contributed by atoms with Crippen molar-refractivity contribution in [3.8, 4) is 0 Å². The van der Waals surface area contributed by atoms with Crippen LogP contribution in [0.4, 0.5) is 0 Å². The van der Waals surface area contributed by atoms with Gasteiger partial charge < -0.3 is 5.32 Å². The third kappa shape index (κ3) is 6.98. The van der Waals surface area contributed by atoms with Crippen molar-refractivity contribution >= 4 is 12.4 Å². The Morgan fingerprint density at radius 2 is 1.47 bits per heavy atom. The molecule has 0 aliphatic rings. The lowest BCUT2D eigenvalue weighted by Gasteiger charge is -2.12. The number of unbranched alkanes of at least 4 members (excludes halogenated alkanes) is 4. The van der Waals surface area contributed by atoms with Gasteiger partial charge in [0.25, 0.3) is 0 Å². The van der Waals surface area contributed by atoms with Crippen LogP contribution in [0.1, 0.15) is 61.3 Å². The molecule has 2 heteroatoms. The Labute approximate surface area is 125 Å². The van der Waals surface area contributed by atoms with Gasteiger partial charge in [0, 0.05) is 6.54 Å². The molecule has 0 fully saturated rings. The Bertz CT molecular complexity index is 337. The summed E-state index contributed by atoms with van der Waals surface area (Å²) in [6, 6.07) is 4.57. The lowest BCUT2D eigenvalue weighted by atomic mass is 10.00. The molecular weight excluding hydrogens is 254 g/mol. The minimum atomic E-state index is 0. The fourth-order valence-corrected chi connectivity index (χ4v) is 2.56. The largest absolute Gasteiger partial charge is 0.313 e. The van der Waals surface area contributed by atoms with Crippen molar-refractivity contribution in [2.75, 3.05) is 6.54 Å². The lowest BCUT2D eigenvalue weighted by molar-refractivity contribution is 0.582. The van der Waals surface area contributed by atoms with Gasteiger partial charge in [-0.1, -0.05) is 50.3 Å². The maximum absolute atomic E-state index is 3.58. The number of nitrogens with one attached hydrogen (secondary N) is 1. The van der Waals surface area contributed by atoms with Gasteiger partial charge in [-0.3, -0.25) is 0 Å². The van der Waals surface area contributed by atoms with Gasteiger partial charge in [0.05, 0.1) is 0 Å². The first kappa shape index (κ1) is 18.5. The molecule has 1 rings (SSSR count). The molecule has 0 aliphatic carbocycles. The van der Waals surface area contributed by atoms with Crippen molar-refractivity contribution in [1.29, 1.82) is 0 Å². The molecule has 0 amide bonds. The summed E-state index contributed by atoms with van der Waals surface area (Å²) in [7, 11) is 0. The quantitative estimate of drug-likeness (QED) is 0.655. The topological polar surface area (TPSA) is 12.0 Å². The van der Waals surface area contributed by atoms with Gasteiger partial charge in [0.2, 0.25) is 0 Å². The van der Waals surface area contributed by atoms with Gasteiger partial charge in [0.1, 0.15) is 0 Å². The second-order valence-corrected chi connectivity index (χ2v) is 5.47. The van der Waals surface area contributed by atoms with Crippen molar-refractivity contribution in [1.82, 2.24) is 5.32 Å². The Kier molecular flexibility index (Phi) is 9.99. The summed E-state index contributed by atoms with van der Waals surface area (Å²) in [4.78, 5) is 0. The van der Waals surface area contributed by atoms with Gasteiger partial charge in [-0.05, 0) is 50.4 Å². The SMILES string of the molecule is CCCCCCCNCc1c(C)cc(C)cc1C.Cl. The van der Waals surface area contributed by atoms with Gasteiger partial charge in [-0.25, -0.2) is 0 Å². The third-order valence-corrected chi connectivity index (χ3v) is 3.60. The summed E-state index contributed by atoms with van der Waals surface area (Å²) in [5, 5.41) is 3.58. The summed E-state index contributed by atoms with van der Waals surface area (Å²) >= 11 is 0. The van der Waals surface area contributed by atoms with E-state index in [1.807, 2.05) is 0 Å². The summed E-state index contributed by atoms with van der Waals surface area (Å²) < 4.78 is 0. The normalized spacial score (nSPS) is 10.3. The Balaban J connectivity index is 0.00000324. The molecule has 0 unspecified atom stereocenters. The van der Waals surface area contributed by atoms with Crippen LogP contribution in [0, 0.1) is 20.8 Å². The van der Waals surface area contributed by atoms with Crippen LogP contribution in [-0.4, -0.2) is 6.54 Å². The Morgan fingerprint density at radius 3 is 2.05 bits per heavy atom. The summed E-state index contributed by atoms with van der Waals surface area (Å²) in [5.41, 5.74) is 5.69. The van der Waals surface area contributed by atoms with Crippen LogP contribution in [0.5, 0.6) is 0 Å². The summed E-state index contributed by atoms with van der Waals surface area (Å²) in [6.07, 6.45) is 6.78. The first-order valence-electron chi connectivity index (χ1n) is 7.42. The Hall–Kier alpha value is -0.530. The molecule has 0 bridgehead atoms. The van der Waals surface area contributed by atoms with Crippen LogP contribution < -0.4 is 5.32 Å². The second kappa shape index (κ2) is 10.3. The summed E-state index contributed by atoms with van der Waals surface area (Å²) in [6.45, 7) is 11.0. The monoisotopic (exact) mass is 283 g/mol. The number of hydrogen-bond donors (Lipinski definition) is 1. The second-order valence-electron chi connectivity index (χ2n) is 5.47. The van der Waals surface area contributed by atoms with E-state index < -0.39 is 0 Å². The molecule has 1 aromatic rings. The highest BCUT2D eigenvalue weighted by atomic mass is 35.5. The van der Waals surface area contributed by atoms with Crippen LogP contribution in [-0.2, 0) is 6.54 Å². The van der Waals surface area contributed by atoms with Crippen LogP contribution in [0.3, 0.4) is 0 Å². The third-order valence-electron chi connectivity index (χ3n) is 3.60. The zero-order valence-electron chi connectivity index (χ0n) is 13.0. The van der Waals surface area contributed by atoms with Crippen LogP contribution in [0.2, 0.25) is 0 Å². The molecule has 0 spiro atoms. The molecule has 19 heavy (non-hydrogen) atoms. The van der Waals surface area contributed by atoms with Crippen LogP contribution in [0.15, 0.2) is 12.1 Å². The van der Waals surface area contributed by atoms with E-state index in [4.69, 9.17) is 0 Å². The zero-order chi connectivity index (χ0) is 13.4. The Morgan fingerprint density at radius 1 is 0.895 bits per heavy atom. The fourth-order valence-electron chi connectivity index (χ4n) is 2.56. The van der Waals surface area contributed by atoms with E-state index >= 15 is 0 Å². The van der Waals surface area contributed by atoms with E-state index in [0.29, 0.717) is 0 Å². The molecule has 0 radical (unpaired) electrons. The highest BCUT2D eigenvalue weighted by Crippen LogP contribution is 2.16. The number of benzene rings is 1. The first-order valence-corrected chi connectivity index (χ1v) is 7.42. The van der Waals surface area contributed by atoms with E-state index in [0.717, 1.165) is 13.1 Å². The summed E-state index contributed by atoms with van der Waals surface area (Å²) in [5.74, 6) is 0. The van der Waals surface area contributed by atoms with E-state index in [-0.39, 0.29) is 12.4 Å². The van der Waals surface area contributed by atoms with Crippen molar-refractivity contribution in [2.45, 2.75) is 66.3 Å². The molecule has 1 nitrogen and oxygen atoms in total. The number of hydrogen-bond acceptors (Lipinski definition) is 1. The van der Waals surface area contributed by atoms with E-state index in [1.54, 1.807) is 0 Å². The van der Waals surface area contributed by atoms with Crippen molar-refractivity contribution in [3.05, 3.63) is 34.4 Å². The number of rotatable bonds is 8. The standard InChI is InChI=1S/C17H29N.ClH/c1-5-6-7-8-9-10-18-13-17-15(3)11-14(2)12-16(17)4;/h11-12,18H,5-10,13H2,1-4H3;1H. The highest BCUT2D eigenvalue weighted by molar-refractivity contribution is 5.85. The van der Waals surface area contributed by atoms with Gasteiger partial charge >= 0.3 is 0 Å². The lowest BCUT2D eigenvalue weighted by Crippen LogP contribution is -2.16. The van der Waals surface area contributed by atoms with Gasteiger partial charge in [-0.2, -0.15) is 0 Å².